The summed E-state index contributed by atoms with van der Waals surface area (Å²) in [6, 6.07) is 2.94. The first-order chi connectivity index (χ1) is 15.7. The van der Waals surface area contributed by atoms with Crippen molar-refractivity contribution in [3.63, 3.8) is 0 Å². The van der Waals surface area contributed by atoms with E-state index in [0.717, 1.165) is 30.9 Å². The molecule has 1 atom stereocenters. The quantitative estimate of drug-likeness (QED) is 0.686. The third-order valence-electron chi connectivity index (χ3n) is 6.02. The van der Waals surface area contributed by atoms with Crippen molar-refractivity contribution in [2.24, 2.45) is 0 Å². The van der Waals surface area contributed by atoms with Gasteiger partial charge in [0.15, 0.2) is 11.4 Å². The molecule has 0 unspecified atom stereocenters. The number of amides is 2. The van der Waals surface area contributed by atoms with Gasteiger partial charge in [-0.05, 0) is 37.8 Å². The molecule has 0 saturated carbocycles. The highest BCUT2D eigenvalue weighted by atomic mass is 19.1. The zero-order chi connectivity index (χ0) is 23.9. The molecule has 1 aromatic heterocycles. The van der Waals surface area contributed by atoms with Gasteiger partial charge in [0.25, 0.3) is 11.8 Å². The van der Waals surface area contributed by atoms with Crippen molar-refractivity contribution >= 4 is 11.8 Å². The summed E-state index contributed by atoms with van der Waals surface area (Å²) >= 11 is 0. The number of pyridine rings is 1. The molecule has 2 aliphatic rings. The van der Waals surface area contributed by atoms with Crippen LogP contribution >= 0.6 is 0 Å². The summed E-state index contributed by atoms with van der Waals surface area (Å²) in [5, 5.41) is 14.9. The maximum Gasteiger partial charge on any atom is 0.278 e. The lowest BCUT2D eigenvalue weighted by atomic mass is 10.1. The standard InChI is InChI=1S/C23H24F2N4O4/c1-3-27-22-13(2)6-4-5-9-28(22)29-12-16(19(30)20(31)18(29)23(27)33)21(32)26-11-14-7-8-15(24)10-17(14)25/h7-8,10,12,22,31H,2-6,9,11H2,1H3,(H,26,32)/t22-/m0/s1. The van der Waals surface area contributed by atoms with Crippen molar-refractivity contribution < 1.29 is 23.5 Å². The summed E-state index contributed by atoms with van der Waals surface area (Å²) < 4.78 is 28.4. The Labute approximate surface area is 188 Å². The van der Waals surface area contributed by atoms with Gasteiger partial charge in [0.2, 0.25) is 5.43 Å². The molecular weight excluding hydrogens is 434 g/mol. The lowest BCUT2D eigenvalue weighted by Crippen LogP contribution is -2.61. The van der Waals surface area contributed by atoms with Crippen LogP contribution in [0, 0.1) is 11.6 Å². The van der Waals surface area contributed by atoms with Crippen molar-refractivity contribution in [2.75, 3.05) is 18.1 Å². The fourth-order valence-electron chi connectivity index (χ4n) is 4.35. The Morgan fingerprint density at radius 1 is 1.27 bits per heavy atom. The van der Waals surface area contributed by atoms with Gasteiger partial charge in [-0.25, -0.2) is 8.78 Å². The van der Waals surface area contributed by atoms with Crippen molar-refractivity contribution in [1.29, 1.82) is 0 Å². The van der Waals surface area contributed by atoms with Gasteiger partial charge in [-0.1, -0.05) is 12.6 Å². The summed E-state index contributed by atoms with van der Waals surface area (Å²) in [7, 11) is 0. The topological polar surface area (TPSA) is 94.9 Å². The summed E-state index contributed by atoms with van der Waals surface area (Å²) in [4.78, 5) is 40.3. The average Bonchev–Trinajstić information content (AvgIpc) is 2.97. The highest BCUT2D eigenvalue weighted by Crippen LogP contribution is 2.31. The first-order valence-corrected chi connectivity index (χ1v) is 10.7. The van der Waals surface area contributed by atoms with Crippen LogP contribution in [0.3, 0.4) is 0 Å². The molecule has 10 heteroatoms. The summed E-state index contributed by atoms with van der Waals surface area (Å²) in [5.41, 5.74) is -0.761. The molecule has 1 saturated heterocycles. The first kappa shape index (κ1) is 22.5. The van der Waals surface area contributed by atoms with E-state index >= 15 is 0 Å². The van der Waals surface area contributed by atoms with E-state index in [4.69, 9.17) is 0 Å². The largest absolute Gasteiger partial charge is 0.502 e. The Morgan fingerprint density at radius 3 is 2.73 bits per heavy atom. The van der Waals surface area contributed by atoms with Gasteiger partial charge in [0.05, 0.1) is 0 Å². The molecule has 3 heterocycles. The van der Waals surface area contributed by atoms with E-state index < -0.39 is 46.4 Å². The zero-order valence-corrected chi connectivity index (χ0v) is 18.1. The van der Waals surface area contributed by atoms with E-state index in [1.807, 2.05) is 5.01 Å². The number of benzene rings is 1. The van der Waals surface area contributed by atoms with Crippen LogP contribution in [-0.2, 0) is 6.54 Å². The van der Waals surface area contributed by atoms with Crippen molar-refractivity contribution in [3.8, 4) is 5.75 Å². The molecule has 2 N–H and O–H groups in total. The Balaban J connectivity index is 1.73. The van der Waals surface area contributed by atoms with Crippen LogP contribution in [-0.4, -0.2) is 45.8 Å². The van der Waals surface area contributed by atoms with E-state index in [1.54, 1.807) is 11.8 Å². The Bertz CT molecular complexity index is 1210. The van der Waals surface area contributed by atoms with Gasteiger partial charge in [0, 0.05) is 37.5 Å². The van der Waals surface area contributed by atoms with E-state index in [1.165, 1.54) is 16.9 Å². The highest BCUT2D eigenvalue weighted by molar-refractivity contribution is 5.99. The van der Waals surface area contributed by atoms with Crippen molar-refractivity contribution in [1.82, 2.24) is 14.9 Å². The van der Waals surface area contributed by atoms with Crippen LogP contribution in [0.15, 0.2) is 41.3 Å². The molecule has 174 valence electrons. The number of carbonyl (C=O) groups excluding carboxylic acids is 2. The SMILES string of the molecule is C=C1CCCCN2[C@@H]1N(CC)C(=O)c1c(O)c(=O)c(C(=O)NCc3ccc(F)cc3F)cn12. The normalized spacial score (nSPS) is 18.0. The number of aromatic hydroxyl groups is 1. The minimum atomic E-state index is -1.00. The van der Waals surface area contributed by atoms with Crippen LogP contribution in [0.25, 0.3) is 0 Å². The second-order valence-electron chi connectivity index (χ2n) is 8.08. The van der Waals surface area contributed by atoms with Gasteiger partial charge in [-0.3, -0.25) is 24.1 Å². The molecule has 4 rings (SSSR count). The minimum Gasteiger partial charge on any atom is -0.502 e. The van der Waals surface area contributed by atoms with Gasteiger partial charge < -0.3 is 15.3 Å². The lowest BCUT2D eigenvalue weighted by Gasteiger charge is -2.46. The van der Waals surface area contributed by atoms with E-state index in [9.17, 15) is 28.3 Å². The van der Waals surface area contributed by atoms with Crippen LogP contribution in [0.2, 0.25) is 0 Å². The number of likely N-dealkylation sites (N-methyl/N-ethyl adjacent to an activating group) is 1. The van der Waals surface area contributed by atoms with Gasteiger partial charge in [-0.2, -0.15) is 0 Å². The number of hydrogen-bond acceptors (Lipinski definition) is 5. The summed E-state index contributed by atoms with van der Waals surface area (Å²) in [5.74, 6) is -3.80. The molecule has 2 aliphatic heterocycles. The molecule has 33 heavy (non-hydrogen) atoms. The monoisotopic (exact) mass is 458 g/mol. The second kappa shape index (κ2) is 8.68. The maximum atomic E-state index is 13.9. The Kier molecular flexibility index (Phi) is 5.92. The fourth-order valence-corrected chi connectivity index (χ4v) is 4.35. The second-order valence-corrected chi connectivity index (χ2v) is 8.08. The minimum absolute atomic E-state index is 0.0321. The molecule has 2 aromatic rings. The molecule has 0 aliphatic carbocycles. The molecule has 0 spiro atoms. The Hall–Kier alpha value is -3.69. The van der Waals surface area contributed by atoms with E-state index in [0.29, 0.717) is 19.2 Å². The number of carbonyl (C=O) groups is 2. The predicted molar refractivity (Wildman–Crippen MR) is 116 cm³/mol. The van der Waals surface area contributed by atoms with Gasteiger partial charge >= 0.3 is 0 Å². The molecular formula is C23H24F2N4O4. The number of rotatable bonds is 4. The van der Waals surface area contributed by atoms with Crippen LogP contribution in [0.5, 0.6) is 5.75 Å². The molecule has 0 radical (unpaired) electrons. The smallest absolute Gasteiger partial charge is 0.278 e. The Morgan fingerprint density at radius 2 is 2.03 bits per heavy atom. The molecule has 2 amide bonds. The van der Waals surface area contributed by atoms with Crippen LogP contribution in [0.4, 0.5) is 8.78 Å². The van der Waals surface area contributed by atoms with Crippen molar-refractivity contribution in [3.05, 3.63) is 75.2 Å². The first-order valence-electron chi connectivity index (χ1n) is 10.7. The van der Waals surface area contributed by atoms with Gasteiger partial charge in [-0.15, -0.1) is 0 Å². The fraction of sp³-hybridized carbons (Fsp3) is 0.348. The number of nitrogens with zero attached hydrogens (tertiary/aromatic N) is 3. The predicted octanol–water partition coefficient (Wildman–Crippen LogP) is 2.24. The lowest BCUT2D eigenvalue weighted by molar-refractivity contribution is 0.0621. The third-order valence-corrected chi connectivity index (χ3v) is 6.02. The number of halogens is 2. The van der Waals surface area contributed by atoms with Crippen molar-refractivity contribution in [2.45, 2.75) is 38.9 Å². The van der Waals surface area contributed by atoms with Crippen LogP contribution < -0.4 is 15.8 Å². The summed E-state index contributed by atoms with van der Waals surface area (Å²) in [6.07, 6.45) is 3.14. The highest BCUT2D eigenvalue weighted by Gasteiger charge is 2.41. The molecule has 8 nitrogen and oxygen atoms in total. The number of fused-ring (bicyclic) bond motifs is 3. The number of nitrogens with one attached hydrogen (secondary N) is 1. The summed E-state index contributed by atoms with van der Waals surface area (Å²) in [6.45, 7) is 6.50. The van der Waals surface area contributed by atoms with E-state index in [-0.39, 0.29) is 17.8 Å². The number of hydrogen-bond donors (Lipinski definition) is 2. The average molecular weight is 458 g/mol. The van der Waals surface area contributed by atoms with Crippen LogP contribution in [0.1, 0.15) is 52.6 Å². The number of aromatic nitrogens is 1. The third kappa shape index (κ3) is 3.85. The van der Waals surface area contributed by atoms with Gasteiger partial charge in [0.1, 0.15) is 23.4 Å². The maximum absolute atomic E-state index is 13.9. The molecule has 1 aromatic carbocycles. The molecule has 1 fully saturated rings. The molecule has 0 bridgehead atoms. The zero-order valence-electron chi connectivity index (χ0n) is 18.1. The van der Waals surface area contributed by atoms with E-state index in [2.05, 4.69) is 11.9 Å².